The van der Waals surface area contributed by atoms with Crippen molar-refractivity contribution in [3.8, 4) is 5.75 Å². The second-order valence-corrected chi connectivity index (χ2v) is 4.33. The molecule has 1 aromatic heterocycles. The molecule has 0 aliphatic rings. The third-order valence-electron chi connectivity index (χ3n) is 3.56. The minimum atomic E-state index is 0.428. The number of aryl methyl sites for hydroxylation is 3. The van der Waals surface area contributed by atoms with E-state index in [9.17, 15) is 5.11 Å². The van der Waals surface area contributed by atoms with Crippen molar-refractivity contribution in [2.75, 3.05) is 0 Å². The van der Waals surface area contributed by atoms with E-state index in [1.54, 1.807) is 0 Å². The van der Waals surface area contributed by atoms with E-state index in [-0.39, 0.29) is 0 Å². The van der Waals surface area contributed by atoms with Gasteiger partial charge in [0.15, 0.2) is 0 Å². The molecular formula is C13H17NO. The van der Waals surface area contributed by atoms with Crippen LogP contribution in [0.1, 0.15) is 22.4 Å². The SMILES string of the molecule is Cc1c(C)c(C)c2c(cc(C)n2C)c1O. The van der Waals surface area contributed by atoms with Crippen molar-refractivity contribution >= 4 is 10.9 Å². The number of rotatable bonds is 0. The standard InChI is InChI=1S/C13H17NO/c1-7-6-11-12(14(7)5)9(3)8(2)10(4)13(11)15/h6,15H,1-5H3. The molecular weight excluding hydrogens is 186 g/mol. The molecule has 0 atom stereocenters. The highest BCUT2D eigenvalue weighted by atomic mass is 16.3. The number of aromatic hydroxyl groups is 1. The van der Waals surface area contributed by atoms with Crippen LogP contribution in [0.3, 0.4) is 0 Å². The maximum atomic E-state index is 10.1. The van der Waals surface area contributed by atoms with Crippen LogP contribution in [0.25, 0.3) is 10.9 Å². The molecule has 0 aliphatic heterocycles. The first kappa shape index (κ1) is 10.1. The average molecular weight is 203 g/mol. The number of benzene rings is 1. The topological polar surface area (TPSA) is 25.2 Å². The zero-order valence-electron chi connectivity index (χ0n) is 9.97. The Labute approximate surface area is 90.2 Å². The molecule has 1 N–H and O–H groups in total. The second kappa shape index (κ2) is 3.02. The Kier molecular flexibility index (Phi) is 2.03. The molecule has 1 aromatic carbocycles. The number of hydrogen-bond acceptors (Lipinski definition) is 1. The molecule has 0 fully saturated rings. The zero-order valence-corrected chi connectivity index (χ0v) is 9.97. The summed E-state index contributed by atoms with van der Waals surface area (Å²) in [6.45, 7) is 8.21. The molecule has 2 rings (SSSR count). The Balaban J connectivity index is 3.07. The van der Waals surface area contributed by atoms with Crippen molar-refractivity contribution < 1.29 is 5.11 Å². The van der Waals surface area contributed by atoms with Gasteiger partial charge in [-0.05, 0) is 50.5 Å². The minimum absolute atomic E-state index is 0.428. The van der Waals surface area contributed by atoms with E-state index in [1.807, 2.05) is 20.0 Å². The van der Waals surface area contributed by atoms with Crippen molar-refractivity contribution in [3.63, 3.8) is 0 Å². The first-order valence-electron chi connectivity index (χ1n) is 5.20. The summed E-state index contributed by atoms with van der Waals surface area (Å²) in [4.78, 5) is 0. The summed E-state index contributed by atoms with van der Waals surface area (Å²) >= 11 is 0. The lowest BCUT2D eigenvalue weighted by atomic mass is 10.00. The first-order valence-corrected chi connectivity index (χ1v) is 5.20. The van der Waals surface area contributed by atoms with Gasteiger partial charge in [0, 0.05) is 18.1 Å². The lowest BCUT2D eigenvalue weighted by Crippen LogP contribution is -1.95. The summed E-state index contributed by atoms with van der Waals surface area (Å²) in [6.07, 6.45) is 0. The summed E-state index contributed by atoms with van der Waals surface area (Å²) in [5.41, 5.74) is 5.75. The van der Waals surface area contributed by atoms with E-state index < -0.39 is 0 Å². The number of aromatic nitrogens is 1. The fourth-order valence-electron chi connectivity index (χ4n) is 2.20. The summed E-state index contributed by atoms with van der Waals surface area (Å²) < 4.78 is 2.14. The molecule has 0 amide bonds. The fraction of sp³-hybridized carbons (Fsp3) is 0.385. The number of fused-ring (bicyclic) bond motifs is 1. The molecule has 2 aromatic rings. The highest BCUT2D eigenvalue weighted by Gasteiger charge is 2.14. The molecule has 0 spiro atoms. The van der Waals surface area contributed by atoms with Crippen molar-refractivity contribution in [1.82, 2.24) is 4.57 Å². The monoisotopic (exact) mass is 203 g/mol. The quantitative estimate of drug-likeness (QED) is 0.699. The van der Waals surface area contributed by atoms with Gasteiger partial charge in [-0.2, -0.15) is 0 Å². The second-order valence-electron chi connectivity index (χ2n) is 4.33. The Morgan fingerprint density at radius 3 is 2.20 bits per heavy atom. The Morgan fingerprint density at radius 1 is 1.00 bits per heavy atom. The Morgan fingerprint density at radius 2 is 1.60 bits per heavy atom. The van der Waals surface area contributed by atoms with Gasteiger partial charge in [0.25, 0.3) is 0 Å². The van der Waals surface area contributed by atoms with Crippen LogP contribution in [-0.4, -0.2) is 9.67 Å². The molecule has 0 aliphatic carbocycles. The maximum Gasteiger partial charge on any atom is 0.128 e. The highest BCUT2D eigenvalue weighted by molar-refractivity contribution is 5.92. The van der Waals surface area contributed by atoms with E-state index in [2.05, 4.69) is 25.3 Å². The van der Waals surface area contributed by atoms with Gasteiger partial charge in [-0.25, -0.2) is 0 Å². The van der Waals surface area contributed by atoms with Crippen LogP contribution in [-0.2, 0) is 7.05 Å². The van der Waals surface area contributed by atoms with E-state index in [1.165, 1.54) is 16.8 Å². The van der Waals surface area contributed by atoms with Crippen LogP contribution in [0, 0.1) is 27.7 Å². The minimum Gasteiger partial charge on any atom is -0.507 e. The first-order chi connectivity index (χ1) is 6.95. The third-order valence-corrected chi connectivity index (χ3v) is 3.56. The number of hydrogen-bond donors (Lipinski definition) is 1. The maximum absolute atomic E-state index is 10.1. The number of phenolic OH excluding ortho intramolecular Hbond substituents is 1. The smallest absolute Gasteiger partial charge is 0.128 e. The summed E-state index contributed by atoms with van der Waals surface area (Å²) in [5.74, 6) is 0.428. The number of nitrogens with zero attached hydrogens (tertiary/aromatic N) is 1. The van der Waals surface area contributed by atoms with Gasteiger partial charge in [-0.3, -0.25) is 0 Å². The molecule has 15 heavy (non-hydrogen) atoms. The van der Waals surface area contributed by atoms with Crippen LogP contribution in [0.15, 0.2) is 6.07 Å². The lowest BCUT2D eigenvalue weighted by Gasteiger charge is -2.11. The van der Waals surface area contributed by atoms with Gasteiger partial charge in [0.2, 0.25) is 0 Å². The lowest BCUT2D eigenvalue weighted by molar-refractivity contribution is 0.477. The van der Waals surface area contributed by atoms with Crippen molar-refractivity contribution in [3.05, 3.63) is 28.5 Å². The van der Waals surface area contributed by atoms with E-state index in [4.69, 9.17) is 0 Å². The predicted octanol–water partition coefficient (Wildman–Crippen LogP) is 3.12. The van der Waals surface area contributed by atoms with Crippen LogP contribution >= 0.6 is 0 Å². The van der Waals surface area contributed by atoms with E-state index in [0.717, 1.165) is 16.5 Å². The molecule has 0 saturated carbocycles. The van der Waals surface area contributed by atoms with Gasteiger partial charge in [0.05, 0.1) is 5.52 Å². The summed E-state index contributed by atoms with van der Waals surface area (Å²) in [7, 11) is 2.04. The number of phenols is 1. The molecule has 0 radical (unpaired) electrons. The molecule has 0 saturated heterocycles. The molecule has 2 nitrogen and oxygen atoms in total. The van der Waals surface area contributed by atoms with Crippen molar-refractivity contribution in [2.45, 2.75) is 27.7 Å². The van der Waals surface area contributed by atoms with Crippen LogP contribution in [0.2, 0.25) is 0 Å². The van der Waals surface area contributed by atoms with E-state index >= 15 is 0 Å². The third kappa shape index (κ3) is 1.17. The average Bonchev–Trinajstić information content (AvgIpc) is 2.50. The largest absolute Gasteiger partial charge is 0.507 e. The van der Waals surface area contributed by atoms with E-state index in [0.29, 0.717) is 5.75 Å². The molecule has 80 valence electrons. The van der Waals surface area contributed by atoms with Crippen molar-refractivity contribution in [1.29, 1.82) is 0 Å². The Bertz CT molecular complexity index is 550. The molecule has 1 heterocycles. The zero-order chi connectivity index (χ0) is 11.3. The summed E-state index contributed by atoms with van der Waals surface area (Å²) in [5, 5.41) is 11.1. The molecule has 0 unspecified atom stereocenters. The van der Waals surface area contributed by atoms with Crippen LogP contribution < -0.4 is 0 Å². The molecule has 2 heteroatoms. The van der Waals surface area contributed by atoms with Crippen molar-refractivity contribution in [2.24, 2.45) is 7.05 Å². The van der Waals surface area contributed by atoms with Crippen LogP contribution in [0.4, 0.5) is 0 Å². The highest BCUT2D eigenvalue weighted by Crippen LogP contribution is 2.35. The van der Waals surface area contributed by atoms with Gasteiger partial charge < -0.3 is 9.67 Å². The summed E-state index contributed by atoms with van der Waals surface area (Å²) in [6, 6.07) is 2.05. The van der Waals surface area contributed by atoms with Gasteiger partial charge in [-0.1, -0.05) is 0 Å². The molecule has 0 bridgehead atoms. The predicted molar refractivity (Wildman–Crippen MR) is 63.5 cm³/mol. The van der Waals surface area contributed by atoms with Gasteiger partial charge in [0.1, 0.15) is 5.75 Å². The van der Waals surface area contributed by atoms with Gasteiger partial charge >= 0.3 is 0 Å². The van der Waals surface area contributed by atoms with Crippen LogP contribution in [0.5, 0.6) is 5.75 Å². The Hall–Kier alpha value is -1.44. The normalized spacial score (nSPS) is 11.3. The van der Waals surface area contributed by atoms with Gasteiger partial charge in [-0.15, -0.1) is 0 Å². The fourth-order valence-corrected chi connectivity index (χ4v) is 2.20.